The fraction of sp³-hybridized carbons (Fsp3) is 1.00. The van der Waals surface area contributed by atoms with Crippen LogP contribution in [0.2, 0.25) is 0 Å². The lowest BCUT2D eigenvalue weighted by atomic mass is 9.82. The summed E-state index contributed by atoms with van der Waals surface area (Å²) in [6.45, 7) is 0.116. The van der Waals surface area contributed by atoms with Crippen molar-refractivity contribution in [2.24, 2.45) is 17.6 Å². The number of rotatable bonds is 6. The van der Waals surface area contributed by atoms with Gasteiger partial charge in [-0.2, -0.15) is 8.78 Å². The smallest absolute Gasteiger partial charge is 0.319 e. The molecule has 3 N–H and O–H groups in total. The largest absolute Gasteiger partial charge is 0.330 e. The summed E-state index contributed by atoms with van der Waals surface area (Å²) >= 11 is 0. The van der Waals surface area contributed by atoms with Crippen LogP contribution in [0.1, 0.15) is 25.7 Å². The Balaban J connectivity index is 2.16. The standard InChI is InChI=1S/C11H20F4N2/c12-10(13)11(14,15)7-17-6-9-3-1-8(5-16)2-4-9/h8-10,17H,1-7,16H2. The molecule has 6 heteroatoms. The van der Waals surface area contributed by atoms with Crippen LogP contribution in [-0.2, 0) is 0 Å². The Morgan fingerprint density at radius 2 is 1.65 bits per heavy atom. The Morgan fingerprint density at radius 1 is 1.12 bits per heavy atom. The van der Waals surface area contributed by atoms with Crippen molar-refractivity contribution in [1.29, 1.82) is 0 Å². The molecular formula is C11H20F4N2. The number of hydrogen-bond acceptors (Lipinski definition) is 2. The molecule has 1 rings (SSSR count). The van der Waals surface area contributed by atoms with Crippen molar-refractivity contribution < 1.29 is 17.6 Å². The van der Waals surface area contributed by atoms with Gasteiger partial charge in [-0.1, -0.05) is 0 Å². The van der Waals surface area contributed by atoms with E-state index in [0.717, 1.165) is 25.7 Å². The fourth-order valence-electron chi connectivity index (χ4n) is 2.19. The molecule has 1 saturated carbocycles. The van der Waals surface area contributed by atoms with E-state index in [2.05, 4.69) is 5.32 Å². The Hall–Kier alpha value is -0.360. The van der Waals surface area contributed by atoms with Crippen molar-refractivity contribution >= 4 is 0 Å². The summed E-state index contributed by atoms with van der Waals surface area (Å²) in [7, 11) is 0. The summed E-state index contributed by atoms with van der Waals surface area (Å²) in [5.74, 6) is -3.07. The fourth-order valence-corrected chi connectivity index (χ4v) is 2.19. The molecular weight excluding hydrogens is 236 g/mol. The third-order valence-corrected chi connectivity index (χ3v) is 3.41. The molecule has 0 unspecified atom stereocenters. The van der Waals surface area contributed by atoms with Gasteiger partial charge in [-0.3, -0.25) is 0 Å². The number of hydrogen-bond donors (Lipinski definition) is 2. The lowest BCUT2D eigenvalue weighted by molar-refractivity contribution is -0.125. The van der Waals surface area contributed by atoms with Gasteiger partial charge in [-0.05, 0) is 50.6 Å². The van der Waals surface area contributed by atoms with Crippen molar-refractivity contribution in [3.8, 4) is 0 Å². The second-order valence-electron chi connectivity index (χ2n) is 4.82. The summed E-state index contributed by atoms with van der Waals surface area (Å²) in [6, 6.07) is 0. The molecule has 0 aromatic heterocycles. The minimum absolute atomic E-state index is 0.311. The second kappa shape index (κ2) is 6.54. The third kappa shape index (κ3) is 4.79. The van der Waals surface area contributed by atoms with Gasteiger partial charge in [0.1, 0.15) is 0 Å². The topological polar surface area (TPSA) is 38.0 Å². The van der Waals surface area contributed by atoms with Gasteiger partial charge < -0.3 is 11.1 Å². The Bertz CT molecular complexity index is 216. The van der Waals surface area contributed by atoms with Gasteiger partial charge >= 0.3 is 12.3 Å². The van der Waals surface area contributed by atoms with Gasteiger partial charge in [0.05, 0.1) is 6.54 Å². The average Bonchev–Trinajstić information content (AvgIpc) is 2.29. The molecule has 2 nitrogen and oxygen atoms in total. The lowest BCUT2D eigenvalue weighted by Crippen LogP contribution is -2.41. The van der Waals surface area contributed by atoms with Gasteiger partial charge in [0.15, 0.2) is 0 Å². The van der Waals surface area contributed by atoms with Crippen LogP contribution in [0.4, 0.5) is 17.6 Å². The summed E-state index contributed by atoms with van der Waals surface area (Å²) in [4.78, 5) is 0. The lowest BCUT2D eigenvalue weighted by Gasteiger charge is -2.28. The van der Waals surface area contributed by atoms with Crippen LogP contribution in [0, 0.1) is 11.8 Å². The van der Waals surface area contributed by atoms with E-state index >= 15 is 0 Å². The van der Waals surface area contributed by atoms with Crippen LogP contribution in [0.15, 0.2) is 0 Å². The maximum absolute atomic E-state index is 12.6. The third-order valence-electron chi connectivity index (χ3n) is 3.41. The zero-order chi connectivity index (χ0) is 12.9. The summed E-state index contributed by atoms with van der Waals surface area (Å²) < 4.78 is 48.9. The van der Waals surface area contributed by atoms with Crippen molar-refractivity contribution in [1.82, 2.24) is 5.32 Å². The zero-order valence-corrected chi connectivity index (χ0v) is 9.77. The molecule has 0 aromatic rings. The van der Waals surface area contributed by atoms with E-state index < -0.39 is 18.9 Å². The predicted molar refractivity (Wildman–Crippen MR) is 58.3 cm³/mol. The second-order valence-corrected chi connectivity index (χ2v) is 4.82. The maximum Gasteiger partial charge on any atom is 0.319 e. The minimum Gasteiger partial charge on any atom is -0.330 e. The summed E-state index contributed by atoms with van der Waals surface area (Å²) in [5, 5.41) is 2.45. The molecule has 102 valence electrons. The summed E-state index contributed by atoms with van der Waals surface area (Å²) in [6.07, 6.45) is 0.301. The van der Waals surface area contributed by atoms with Gasteiger partial charge in [0, 0.05) is 0 Å². The van der Waals surface area contributed by atoms with Gasteiger partial charge in [-0.15, -0.1) is 0 Å². The molecule has 0 aromatic carbocycles. The van der Waals surface area contributed by atoms with Crippen LogP contribution >= 0.6 is 0 Å². The monoisotopic (exact) mass is 256 g/mol. The molecule has 0 heterocycles. The molecule has 0 spiro atoms. The molecule has 1 fully saturated rings. The van der Waals surface area contributed by atoms with E-state index in [0.29, 0.717) is 24.9 Å². The van der Waals surface area contributed by atoms with Crippen molar-refractivity contribution in [3.05, 3.63) is 0 Å². The van der Waals surface area contributed by atoms with Gasteiger partial charge in [0.2, 0.25) is 0 Å². The normalized spacial score (nSPS) is 26.5. The maximum atomic E-state index is 12.6. The van der Waals surface area contributed by atoms with Crippen LogP contribution < -0.4 is 11.1 Å². The minimum atomic E-state index is -3.92. The molecule has 1 aliphatic carbocycles. The molecule has 0 amide bonds. The molecule has 17 heavy (non-hydrogen) atoms. The average molecular weight is 256 g/mol. The van der Waals surface area contributed by atoms with Crippen LogP contribution in [0.5, 0.6) is 0 Å². The van der Waals surface area contributed by atoms with Crippen molar-refractivity contribution in [2.45, 2.75) is 38.0 Å². The zero-order valence-electron chi connectivity index (χ0n) is 9.77. The van der Waals surface area contributed by atoms with Crippen LogP contribution in [-0.4, -0.2) is 32.0 Å². The van der Waals surface area contributed by atoms with Crippen molar-refractivity contribution in [2.75, 3.05) is 19.6 Å². The molecule has 0 radical (unpaired) electrons. The summed E-state index contributed by atoms with van der Waals surface area (Å²) in [5.41, 5.74) is 5.54. The number of nitrogens with two attached hydrogens (primary N) is 1. The van der Waals surface area contributed by atoms with E-state index in [1.165, 1.54) is 0 Å². The van der Waals surface area contributed by atoms with E-state index in [-0.39, 0.29) is 0 Å². The SMILES string of the molecule is NCC1CCC(CNCC(F)(F)C(F)F)CC1. The Morgan fingerprint density at radius 3 is 2.12 bits per heavy atom. The first-order valence-corrected chi connectivity index (χ1v) is 6.02. The Kier molecular flexibility index (Phi) is 5.66. The van der Waals surface area contributed by atoms with E-state index in [1.54, 1.807) is 0 Å². The molecule has 0 aliphatic heterocycles. The van der Waals surface area contributed by atoms with E-state index in [1.807, 2.05) is 0 Å². The predicted octanol–water partition coefficient (Wildman–Crippen LogP) is 2.24. The molecule has 0 saturated heterocycles. The first kappa shape index (κ1) is 14.7. The van der Waals surface area contributed by atoms with Gasteiger partial charge in [-0.25, -0.2) is 8.78 Å². The number of nitrogens with one attached hydrogen (secondary N) is 1. The highest BCUT2D eigenvalue weighted by Gasteiger charge is 2.40. The molecule has 0 atom stereocenters. The highest BCUT2D eigenvalue weighted by Crippen LogP contribution is 2.28. The molecule has 0 bridgehead atoms. The number of alkyl halides is 4. The van der Waals surface area contributed by atoms with Crippen LogP contribution in [0.25, 0.3) is 0 Å². The van der Waals surface area contributed by atoms with Crippen LogP contribution in [0.3, 0.4) is 0 Å². The van der Waals surface area contributed by atoms with Crippen molar-refractivity contribution in [3.63, 3.8) is 0 Å². The Labute approximate surface area is 98.9 Å². The molecule has 1 aliphatic rings. The first-order chi connectivity index (χ1) is 7.95. The first-order valence-electron chi connectivity index (χ1n) is 6.02. The highest BCUT2D eigenvalue weighted by atomic mass is 19.3. The number of halogens is 4. The quantitative estimate of drug-likeness (QED) is 0.715. The van der Waals surface area contributed by atoms with Gasteiger partial charge in [0.25, 0.3) is 0 Å². The highest BCUT2D eigenvalue weighted by molar-refractivity contribution is 4.77. The van der Waals surface area contributed by atoms with E-state index in [4.69, 9.17) is 5.73 Å². The van der Waals surface area contributed by atoms with E-state index in [9.17, 15) is 17.6 Å².